The maximum absolute atomic E-state index is 12.5. The van der Waals surface area contributed by atoms with E-state index in [0.717, 1.165) is 6.08 Å². The van der Waals surface area contributed by atoms with Crippen molar-refractivity contribution < 1.29 is 28.9 Å². The highest BCUT2D eigenvalue weighted by molar-refractivity contribution is 9.11. The van der Waals surface area contributed by atoms with E-state index in [2.05, 4.69) is 36.9 Å². The Morgan fingerprint density at radius 1 is 0.947 bits per heavy atom. The minimum Gasteiger partial charge on any atom is -0.422 e. The fraction of sp³-hybridized carbons (Fsp3) is 0. The van der Waals surface area contributed by atoms with Crippen molar-refractivity contribution in [2.45, 2.75) is 0 Å². The molecule has 4 rings (SSSR count). The van der Waals surface area contributed by atoms with Gasteiger partial charge < -0.3 is 9.47 Å². The van der Waals surface area contributed by atoms with Gasteiger partial charge in [0.15, 0.2) is 11.4 Å². The summed E-state index contributed by atoms with van der Waals surface area (Å²) in [6.07, 6.45) is 3.96. The number of nitro groups is 2. The van der Waals surface area contributed by atoms with Crippen molar-refractivity contribution in [3.05, 3.63) is 118 Å². The van der Waals surface area contributed by atoms with Crippen molar-refractivity contribution in [1.82, 2.24) is 0 Å². The first-order chi connectivity index (χ1) is 18.1. The van der Waals surface area contributed by atoms with Crippen LogP contribution < -0.4 is 4.74 Å². The van der Waals surface area contributed by atoms with Gasteiger partial charge in [-0.05, 0) is 70.0 Å². The molecule has 0 unspecified atom stereocenters. The molecule has 0 aromatic heterocycles. The third-order valence-corrected chi connectivity index (χ3v) is 6.04. The Hall–Kier alpha value is -4.49. The lowest BCUT2D eigenvalue weighted by atomic mass is 10.1. The molecule has 0 saturated heterocycles. The number of hydrogen-bond donors (Lipinski definition) is 0. The maximum Gasteiger partial charge on any atom is 0.363 e. The lowest BCUT2D eigenvalue weighted by molar-refractivity contribution is -0.385. The Morgan fingerprint density at radius 3 is 2.16 bits per heavy atom. The number of aliphatic imine (C=N–C) groups is 1. The molecular weight excluding hydrogens is 630 g/mol. The molecule has 0 spiro atoms. The molecule has 0 saturated carbocycles. The topological polar surface area (TPSA) is 151 Å². The van der Waals surface area contributed by atoms with Crippen LogP contribution in [0, 0.1) is 20.2 Å². The maximum atomic E-state index is 12.5. The lowest BCUT2D eigenvalue weighted by Crippen LogP contribution is -2.06. The van der Waals surface area contributed by atoms with Crippen LogP contribution in [0.25, 0.3) is 12.2 Å². The van der Waals surface area contributed by atoms with Crippen molar-refractivity contribution >= 4 is 73.2 Å². The number of esters is 2. The van der Waals surface area contributed by atoms with Crippen molar-refractivity contribution in [3.8, 4) is 5.75 Å². The van der Waals surface area contributed by atoms with Crippen LogP contribution in [0.3, 0.4) is 0 Å². The summed E-state index contributed by atoms with van der Waals surface area (Å²) in [5, 5.41) is 21.6. The van der Waals surface area contributed by atoms with E-state index in [-0.39, 0.29) is 28.7 Å². The monoisotopic (exact) mass is 641 g/mol. The molecule has 0 amide bonds. The van der Waals surface area contributed by atoms with Gasteiger partial charge in [-0.3, -0.25) is 20.2 Å². The smallest absolute Gasteiger partial charge is 0.363 e. The number of ether oxygens (including phenoxy) is 2. The number of carbonyl (C=O) groups excluding carboxylic acids is 2. The van der Waals surface area contributed by atoms with E-state index in [1.165, 1.54) is 60.7 Å². The lowest BCUT2D eigenvalue weighted by Gasteiger charge is -2.09. The summed E-state index contributed by atoms with van der Waals surface area (Å²) < 4.78 is 11.7. The predicted octanol–water partition coefficient (Wildman–Crippen LogP) is 5.99. The fourth-order valence-electron chi connectivity index (χ4n) is 3.21. The molecule has 0 radical (unpaired) electrons. The van der Waals surface area contributed by atoms with Gasteiger partial charge in [0.25, 0.3) is 11.4 Å². The highest BCUT2D eigenvalue weighted by Gasteiger charge is 2.25. The molecule has 0 bridgehead atoms. The zero-order valence-corrected chi connectivity index (χ0v) is 22.0. The molecule has 190 valence electrons. The number of non-ortho nitro benzene ring substituents is 2. The first kappa shape index (κ1) is 26.6. The minimum absolute atomic E-state index is 0.0326. The van der Waals surface area contributed by atoms with Crippen LogP contribution in [-0.4, -0.2) is 27.7 Å². The van der Waals surface area contributed by atoms with Gasteiger partial charge in [-0.15, -0.1) is 0 Å². The highest BCUT2D eigenvalue weighted by atomic mass is 79.9. The summed E-state index contributed by atoms with van der Waals surface area (Å²) in [5.74, 6) is -1.43. The van der Waals surface area contributed by atoms with E-state index in [1.807, 2.05) is 0 Å². The third kappa shape index (κ3) is 6.25. The highest BCUT2D eigenvalue weighted by Crippen LogP contribution is 2.35. The number of nitrogens with zero attached hydrogens (tertiary/aromatic N) is 3. The Bertz CT molecular complexity index is 1560. The summed E-state index contributed by atoms with van der Waals surface area (Å²) in [4.78, 5) is 49.8. The van der Waals surface area contributed by atoms with Gasteiger partial charge in [-0.2, -0.15) is 0 Å². The molecule has 3 aromatic carbocycles. The second kappa shape index (κ2) is 11.3. The van der Waals surface area contributed by atoms with Gasteiger partial charge in [-0.1, -0.05) is 15.9 Å². The van der Waals surface area contributed by atoms with Gasteiger partial charge in [-0.25, -0.2) is 14.6 Å². The normalized spacial score (nSPS) is 13.9. The molecule has 38 heavy (non-hydrogen) atoms. The quantitative estimate of drug-likeness (QED) is 0.100. The van der Waals surface area contributed by atoms with Gasteiger partial charge in [0.2, 0.25) is 5.90 Å². The summed E-state index contributed by atoms with van der Waals surface area (Å²) >= 11 is 6.70. The van der Waals surface area contributed by atoms with Crippen LogP contribution >= 0.6 is 31.9 Å². The average molecular weight is 643 g/mol. The van der Waals surface area contributed by atoms with E-state index in [4.69, 9.17) is 9.47 Å². The van der Waals surface area contributed by atoms with Crippen LogP contribution in [0.4, 0.5) is 11.4 Å². The summed E-state index contributed by atoms with van der Waals surface area (Å²) in [7, 11) is 0. The van der Waals surface area contributed by atoms with E-state index < -0.39 is 21.8 Å². The fourth-order valence-corrected chi connectivity index (χ4v) is 4.55. The molecule has 11 nitrogen and oxygen atoms in total. The van der Waals surface area contributed by atoms with E-state index in [1.54, 1.807) is 12.1 Å². The number of cyclic esters (lactones) is 1. The van der Waals surface area contributed by atoms with Crippen LogP contribution in [0.2, 0.25) is 0 Å². The summed E-state index contributed by atoms with van der Waals surface area (Å²) in [5.41, 5.74) is 0.956. The first-order valence-electron chi connectivity index (χ1n) is 10.5. The Labute approximate surface area is 230 Å². The summed E-state index contributed by atoms with van der Waals surface area (Å²) in [6, 6.07) is 14.2. The molecule has 1 aliphatic rings. The van der Waals surface area contributed by atoms with Crippen LogP contribution in [-0.2, 0) is 14.3 Å². The molecule has 0 atom stereocenters. The molecule has 0 N–H and O–H groups in total. The van der Waals surface area contributed by atoms with Gasteiger partial charge in [0, 0.05) is 45.9 Å². The SMILES string of the molecule is O=C(/C=C/c1ccc([N+](=O)[O-])cc1)Oc1c(Br)cc(Br)cc1/C=C1\N=C(c2ccc([N+](=O)[O-])cc2)OC1=O. The van der Waals surface area contributed by atoms with Crippen LogP contribution in [0.1, 0.15) is 16.7 Å². The number of benzene rings is 3. The Kier molecular flexibility index (Phi) is 7.88. The molecule has 0 aliphatic carbocycles. The second-order valence-corrected chi connectivity index (χ2v) is 9.32. The summed E-state index contributed by atoms with van der Waals surface area (Å²) in [6.45, 7) is 0. The first-order valence-corrected chi connectivity index (χ1v) is 12.1. The van der Waals surface area contributed by atoms with E-state index in [0.29, 0.717) is 25.6 Å². The number of halogens is 2. The molecule has 13 heteroatoms. The molecule has 3 aromatic rings. The van der Waals surface area contributed by atoms with Crippen molar-refractivity contribution in [1.29, 1.82) is 0 Å². The molecular formula is C25H13Br2N3O8. The zero-order chi connectivity index (χ0) is 27.4. The van der Waals surface area contributed by atoms with Crippen molar-refractivity contribution in [2.75, 3.05) is 0 Å². The van der Waals surface area contributed by atoms with Crippen molar-refractivity contribution in [2.24, 2.45) is 4.99 Å². The largest absolute Gasteiger partial charge is 0.422 e. The Morgan fingerprint density at radius 2 is 1.55 bits per heavy atom. The third-order valence-electron chi connectivity index (χ3n) is 4.99. The predicted molar refractivity (Wildman–Crippen MR) is 143 cm³/mol. The number of hydrogen-bond acceptors (Lipinski definition) is 9. The standard InChI is InChI=1S/C25H13Br2N3O8/c26-17-11-16(12-21-25(32)38-24(28-21)15-4-8-19(9-5-15)30(35)36)23(20(27)13-17)37-22(31)10-3-14-1-6-18(7-2-14)29(33)34/h1-13H/b10-3+,21-12-. The van der Waals surface area contributed by atoms with E-state index in [9.17, 15) is 29.8 Å². The number of carbonyl (C=O) groups is 2. The second-order valence-electron chi connectivity index (χ2n) is 7.55. The number of rotatable bonds is 7. The van der Waals surface area contributed by atoms with E-state index >= 15 is 0 Å². The van der Waals surface area contributed by atoms with Crippen molar-refractivity contribution in [3.63, 3.8) is 0 Å². The molecule has 1 heterocycles. The zero-order valence-electron chi connectivity index (χ0n) is 18.9. The van der Waals surface area contributed by atoms with Gasteiger partial charge in [0.1, 0.15) is 0 Å². The average Bonchev–Trinajstić information content (AvgIpc) is 3.25. The Balaban J connectivity index is 1.58. The minimum atomic E-state index is -0.759. The van der Waals surface area contributed by atoms with Crippen LogP contribution in [0.15, 0.2) is 86.4 Å². The number of nitro benzene ring substituents is 2. The van der Waals surface area contributed by atoms with Gasteiger partial charge in [0.05, 0.1) is 14.3 Å². The van der Waals surface area contributed by atoms with Gasteiger partial charge >= 0.3 is 11.9 Å². The van der Waals surface area contributed by atoms with Crippen LogP contribution in [0.5, 0.6) is 5.75 Å². The molecule has 0 fully saturated rings. The molecule has 1 aliphatic heterocycles.